The van der Waals surface area contributed by atoms with Gasteiger partial charge in [-0.1, -0.05) is 36.4 Å². The minimum Gasteiger partial charge on any atom is -0.508 e. The van der Waals surface area contributed by atoms with E-state index in [-0.39, 0.29) is 0 Å². The molecule has 0 bridgehead atoms. The van der Waals surface area contributed by atoms with Gasteiger partial charge in [-0.05, 0) is 35.9 Å². The molecule has 0 unspecified atom stereocenters. The third-order valence-electron chi connectivity index (χ3n) is 5.12. The van der Waals surface area contributed by atoms with Crippen LogP contribution in [-0.4, -0.2) is 48.1 Å². The Balaban J connectivity index is 1.81. The summed E-state index contributed by atoms with van der Waals surface area (Å²) in [7, 11) is 2.18. The van der Waals surface area contributed by atoms with Gasteiger partial charge in [0.2, 0.25) is 0 Å². The summed E-state index contributed by atoms with van der Waals surface area (Å²) in [6.07, 6.45) is 0. The van der Waals surface area contributed by atoms with Crippen LogP contribution < -0.4 is 0 Å². The zero-order valence-electron chi connectivity index (χ0n) is 12.9. The normalized spacial score (nSPS) is 25.5. The first-order valence-corrected chi connectivity index (χ1v) is 8.03. The zero-order valence-corrected chi connectivity index (χ0v) is 12.9. The number of hydrogen-bond donors (Lipinski definition) is 1. The van der Waals surface area contributed by atoms with Gasteiger partial charge in [-0.25, -0.2) is 0 Å². The number of hydrogen-bond acceptors (Lipinski definition) is 3. The minimum absolute atomic E-state index is 0.376. The van der Waals surface area contributed by atoms with Gasteiger partial charge in [-0.2, -0.15) is 0 Å². The average Bonchev–Trinajstić information content (AvgIpc) is 2.55. The molecule has 0 saturated carbocycles. The Kier molecular flexibility index (Phi) is 3.40. The van der Waals surface area contributed by atoms with Crippen molar-refractivity contribution < 1.29 is 5.11 Å². The predicted molar refractivity (Wildman–Crippen MR) is 88.2 cm³/mol. The van der Waals surface area contributed by atoms with Crippen LogP contribution in [0, 0.1) is 0 Å². The summed E-state index contributed by atoms with van der Waals surface area (Å²) in [4.78, 5) is 4.97. The van der Waals surface area contributed by atoms with E-state index in [0.29, 0.717) is 17.7 Å². The van der Waals surface area contributed by atoms with Crippen LogP contribution in [0.3, 0.4) is 0 Å². The van der Waals surface area contributed by atoms with E-state index in [1.54, 1.807) is 0 Å². The molecule has 3 heteroatoms. The first-order chi connectivity index (χ1) is 10.7. The van der Waals surface area contributed by atoms with Gasteiger partial charge >= 0.3 is 0 Å². The number of piperazine rings is 1. The lowest BCUT2D eigenvalue weighted by Gasteiger charge is -2.46. The highest BCUT2D eigenvalue weighted by molar-refractivity contribution is 5.46. The molecule has 3 nitrogen and oxygen atoms in total. The second-order valence-corrected chi connectivity index (χ2v) is 6.55. The number of rotatable bonds is 1. The molecule has 0 spiro atoms. The largest absolute Gasteiger partial charge is 0.508 e. The second kappa shape index (κ2) is 5.41. The summed E-state index contributed by atoms with van der Waals surface area (Å²) in [5.41, 5.74) is 4.04. The molecule has 0 radical (unpaired) electrons. The molecule has 22 heavy (non-hydrogen) atoms. The maximum Gasteiger partial charge on any atom is 0.115 e. The number of phenols is 1. The van der Waals surface area contributed by atoms with Crippen LogP contribution in [0.5, 0.6) is 5.75 Å². The Morgan fingerprint density at radius 3 is 2.59 bits per heavy atom. The molecular formula is C19H22N2O. The lowest BCUT2D eigenvalue weighted by atomic mass is 9.80. The highest BCUT2D eigenvalue weighted by Crippen LogP contribution is 2.41. The third-order valence-corrected chi connectivity index (χ3v) is 5.12. The predicted octanol–water partition coefficient (Wildman–Crippen LogP) is 2.83. The fourth-order valence-electron chi connectivity index (χ4n) is 3.94. The number of phenolic OH excluding ortho intramolecular Hbond substituents is 1. The molecular weight excluding hydrogens is 272 g/mol. The summed E-state index contributed by atoms with van der Waals surface area (Å²) in [5.74, 6) is 0.775. The first kappa shape index (κ1) is 13.8. The maximum atomic E-state index is 9.97. The smallest absolute Gasteiger partial charge is 0.115 e. The molecule has 1 saturated heterocycles. The molecule has 1 fully saturated rings. The number of benzene rings is 2. The topological polar surface area (TPSA) is 26.7 Å². The van der Waals surface area contributed by atoms with Crippen molar-refractivity contribution >= 4 is 0 Å². The molecule has 0 aromatic heterocycles. The molecule has 2 aliphatic rings. The van der Waals surface area contributed by atoms with E-state index in [0.717, 1.165) is 26.2 Å². The fourth-order valence-corrected chi connectivity index (χ4v) is 3.94. The third kappa shape index (κ3) is 2.31. The van der Waals surface area contributed by atoms with E-state index in [2.05, 4.69) is 53.2 Å². The summed E-state index contributed by atoms with van der Waals surface area (Å²) in [6.45, 7) is 4.32. The SMILES string of the molecule is CN1CCN2C[C@@H](c3ccccc3)c3ccc(O)cc3[C@H]2C1. The molecule has 114 valence electrons. The van der Waals surface area contributed by atoms with E-state index in [1.165, 1.54) is 16.7 Å². The Morgan fingerprint density at radius 2 is 1.77 bits per heavy atom. The van der Waals surface area contributed by atoms with Gasteiger partial charge in [0.25, 0.3) is 0 Å². The molecule has 2 atom stereocenters. The van der Waals surface area contributed by atoms with Crippen molar-refractivity contribution in [2.45, 2.75) is 12.0 Å². The summed E-state index contributed by atoms with van der Waals surface area (Å²) >= 11 is 0. The molecule has 4 rings (SSSR count). The van der Waals surface area contributed by atoms with Crippen molar-refractivity contribution in [1.29, 1.82) is 0 Å². The van der Waals surface area contributed by atoms with E-state index in [4.69, 9.17) is 0 Å². The van der Waals surface area contributed by atoms with E-state index in [1.807, 2.05) is 12.1 Å². The van der Waals surface area contributed by atoms with Crippen molar-refractivity contribution in [2.24, 2.45) is 0 Å². The van der Waals surface area contributed by atoms with Crippen LogP contribution in [0.1, 0.15) is 28.7 Å². The quantitative estimate of drug-likeness (QED) is 0.876. The van der Waals surface area contributed by atoms with Crippen molar-refractivity contribution in [2.75, 3.05) is 33.2 Å². The summed E-state index contributed by atoms with van der Waals surface area (Å²) < 4.78 is 0. The zero-order chi connectivity index (χ0) is 15.1. The van der Waals surface area contributed by atoms with Crippen molar-refractivity contribution in [3.05, 3.63) is 65.2 Å². The Hall–Kier alpha value is -1.84. The highest BCUT2D eigenvalue weighted by Gasteiger charge is 2.36. The van der Waals surface area contributed by atoms with Crippen LogP contribution in [0.2, 0.25) is 0 Å². The number of likely N-dealkylation sites (N-methyl/N-ethyl adjacent to an activating group) is 1. The Labute approximate surface area is 131 Å². The van der Waals surface area contributed by atoms with Gasteiger partial charge in [-0.3, -0.25) is 4.90 Å². The number of aromatic hydroxyl groups is 1. The first-order valence-electron chi connectivity index (χ1n) is 8.03. The van der Waals surface area contributed by atoms with E-state index in [9.17, 15) is 5.11 Å². The summed E-state index contributed by atoms with van der Waals surface area (Å²) in [5, 5.41) is 9.97. The summed E-state index contributed by atoms with van der Waals surface area (Å²) in [6, 6.07) is 17.1. The van der Waals surface area contributed by atoms with Crippen LogP contribution >= 0.6 is 0 Å². The lowest BCUT2D eigenvalue weighted by molar-refractivity contribution is 0.0771. The number of nitrogens with zero attached hydrogens (tertiary/aromatic N) is 2. The van der Waals surface area contributed by atoms with Crippen LogP contribution in [0.4, 0.5) is 0 Å². The molecule has 1 N–H and O–H groups in total. The molecule has 2 aliphatic heterocycles. The van der Waals surface area contributed by atoms with Crippen molar-refractivity contribution in [3.8, 4) is 5.75 Å². The lowest BCUT2D eigenvalue weighted by Crippen LogP contribution is -2.50. The van der Waals surface area contributed by atoms with Gasteiger partial charge in [0.15, 0.2) is 0 Å². The highest BCUT2D eigenvalue weighted by atomic mass is 16.3. The maximum absolute atomic E-state index is 9.97. The van der Waals surface area contributed by atoms with Crippen LogP contribution in [0.25, 0.3) is 0 Å². The van der Waals surface area contributed by atoms with Crippen LogP contribution in [0.15, 0.2) is 48.5 Å². The monoisotopic (exact) mass is 294 g/mol. The van der Waals surface area contributed by atoms with Gasteiger partial charge in [-0.15, -0.1) is 0 Å². The van der Waals surface area contributed by atoms with Gasteiger partial charge in [0.05, 0.1) is 0 Å². The minimum atomic E-state index is 0.376. The van der Waals surface area contributed by atoms with Crippen molar-refractivity contribution in [1.82, 2.24) is 9.80 Å². The van der Waals surface area contributed by atoms with Gasteiger partial charge in [0.1, 0.15) is 5.75 Å². The fraction of sp³-hybridized carbons (Fsp3) is 0.368. The molecule has 2 aromatic rings. The van der Waals surface area contributed by atoms with E-state index >= 15 is 0 Å². The average molecular weight is 294 g/mol. The second-order valence-electron chi connectivity index (χ2n) is 6.55. The van der Waals surface area contributed by atoms with E-state index < -0.39 is 0 Å². The Morgan fingerprint density at radius 1 is 0.955 bits per heavy atom. The van der Waals surface area contributed by atoms with Gasteiger partial charge in [0, 0.05) is 38.1 Å². The molecule has 0 amide bonds. The molecule has 2 aromatic carbocycles. The number of fused-ring (bicyclic) bond motifs is 3. The molecule has 0 aliphatic carbocycles. The molecule has 2 heterocycles. The van der Waals surface area contributed by atoms with Gasteiger partial charge < -0.3 is 10.0 Å². The standard InChI is InChI=1S/C19H22N2O/c1-20-9-10-21-12-18(14-5-3-2-4-6-14)16-8-7-15(22)11-17(16)19(21)13-20/h2-8,11,18-19,22H,9-10,12-13H2,1H3/t18-,19+/m0/s1. The van der Waals surface area contributed by atoms with Crippen LogP contribution in [-0.2, 0) is 0 Å². The Bertz CT molecular complexity index is 670. The van der Waals surface area contributed by atoms with Crippen molar-refractivity contribution in [3.63, 3.8) is 0 Å².